The van der Waals surface area contributed by atoms with Crippen molar-refractivity contribution in [2.45, 2.75) is 79.2 Å². The number of aromatic nitrogens is 1. The molecule has 31 heavy (non-hydrogen) atoms. The molecule has 1 nitrogen and oxygen atoms in total. The first-order valence-electron chi connectivity index (χ1n) is 11.6. The van der Waals surface area contributed by atoms with Crippen LogP contribution in [-0.4, -0.2) is 0 Å². The van der Waals surface area contributed by atoms with Gasteiger partial charge in [0.2, 0.25) is 5.69 Å². The summed E-state index contributed by atoms with van der Waals surface area (Å²) in [5, 5.41) is 2.85. The van der Waals surface area contributed by atoms with Crippen molar-refractivity contribution in [3.05, 3.63) is 52.0 Å². The van der Waals surface area contributed by atoms with Crippen LogP contribution in [0.5, 0.6) is 0 Å². The maximum atomic E-state index is 2.56. The molecule has 0 fully saturated rings. The lowest BCUT2D eigenvalue weighted by Crippen LogP contribution is -2.44. The van der Waals surface area contributed by atoms with Gasteiger partial charge in [-0.3, -0.25) is 0 Å². The van der Waals surface area contributed by atoms with Crippen molar-refractivity contribution in [1.29, 1.82) is 0 Å². The summed E-state index contributed by atoms with van der Waals surface area (Å²) in [7, 11) is 0. The van der Waals surface area contributed by atoms with Crippen LogP contribution in [0, 0.1) is 12.8 Å². The van der Waals surface area contributed by atoms with E-state index in [9.17, 15) is 0 Å². The molecule has 0 saturated carbocycles. The molecule has 0 bridgehead atoms. The summed E-state index contributed by atoms with van der Waals surface area (Å²) in [4.78, 5) is 3.05. The number of hydrogen-bond acceptors (Lipinski definition) is 2. The zero-order valence-corrected chi connectivity index (χ0v) is 21.7. The fourth-order valence-corrected chi connectivity index (χ4v) is 8.45. The van der Waals surface area contributed by atoms with Crippen LogP contribution in [0.2, 0.25) is 0 Å². The van der Waals surface area contributed by atoms with Crippen LogP contribution in [-0.2, 0) is 11.8 Å². The maximum Gasteiger partial charge on any atom is 0.241 e. The predicted molar refractivity (Wildman–Crippen MR) is 138 cm³/mol. The quantitative estimate of drug-likeness (QED) is 0.270. The van der Waals surface area contributed by atoms with E-state index in [-0.39, 0.29) is 5.41 Å². The highest BCUT2D eigenvalue weighted by Gasteiger charge is 2.41. The summed E-state index contributed by atoms with van der Waals surface area (Å²) in [6, 6.07) is 9.75. The summed E-state index contributed by atoms with van der Waals surface area (Å²) in [6.07, 6.45) is 3.50. The lowest BCUT2D eigenvalue weighted by atomic mass is 9.83. The molecule has 1 aliphatic heterocycles. The van der Waals surface area contributed by atoms with E-state index in [0.29, 0.717) is 17.9 Å². The molecule has 3 heteroatoms. The molecule has 162 valence electrons. The third-order valence-electron chi connectivity index (χ3n) is 7.05. The van der Waals surface area contributed by atoms with Gasteiger partial charge in [-0.15, -0.1) is 22.7 Å². The van der Waals surface area contributed by atoms with Gasteiger partial charge in [-0.1, -0.05) is 59.7 Å². The SMILES string of the molecule is Cc1c(C(C)(C)C)sc2c1C(C)C(C)[n+]1ccc3c(sc4c(CC(C)C)cccc43)c1-2. The standard InChI is InChI=1S/C28H34NS2/c1-15(2)14-19-10-9-11-20-21-12-13-29-18(5)16(3)22-17(4)27(28(6,7)8)31-26(22)23(29)25(21)30-24(19)20/h9-13,15-16,18H,14H2,1-8H3/q+1. The van der Waals surface area contributed by atoms with Gasteiger partial charge in [0.1, 0.15) is 9.58 Å². The van der Waals surface area contributed by atoms with Crippen LogP contribution in [0.3, 0.4) is 0 Å². The van der Waals surface area contributed by atoms with Crippen LogP contribution in [0.4, 0.5) is 0 Å². The Morgan fingerprint density at radius 2 is 1.71 bits per heavy atom. The molecule has 4 heterocycles. The minimum absolute atomic E-state index is 0.179. The van der Waals surface area contributed by atoms with Gasteiger partial charge < -0.3 is 0 Å². The van der Waals surface area contributed by atoms with Crippen molar-refractivity contribution in [2.24, 2.45) is 5.92 Å². The fraction of sp³-hybridized carbons (Fsp3) is 0.464. The summed E-state index contributed by atoms with van der Waals surface area (Å²) < 4.78 is 5.52. The first kappa shape index (κ1) is 21.2. The van der Waals surface area contributed by atoms with Gasteiger partial charge in [-0.2, -0.15) is 4.57 Å². The van der Waals surface area contributed by atoms with E-state index in [1.807, 2.05) is 22.7 Å². The zero-order valence-electron chi connectivity index (χ0n) is 20.1. The van der Waals surface area contributed by atoms with Gasteiger partial charge in [-0.05, 0) is 48.3 Å². The highest BCUT2D eigenvalue weighted by Crippen LogP contribution is 2.51. The summed E-state index contributed by atoms with van der Waals surface area (Å²) >= 11 is 4.06. The van der Waals surface area contributed by atoms with Crippen LogP contribution in [0.1, 0.15) is 82.0 Å². The van der Waals surface area contributed by atoms with Gasteiger partial charge in [0.15, 0.2) is 12.2 Å². The average Bonchev–Trinajstić information content (AvgIpc) is 3.24. The summed E-state index contributed by atoms with van der Waals surface area (Å²) in [5.41, 5.74) is 6.26. The Morgan fingerprint density at radius 3 is 2.39 bits per heavy atom. The van der Waals surface area contributed by atoms with Crippen molar-refractivity contribution in [2.75, 3.05) is 0 Å². The van der Waals surface area contributed by atoms with Crippen molar-refractivity contribution < 1.29 is 4.57 Å². The highest BCUT2D eigenvalue weighted by atomic mass is 32.1. The largest absolute Gasteiger partial charge is 0.241 e. The van der Waals surface area contributed by atoms with Crippen LogP contribution < -0.4 is 4.57 Å². The van der Waals surface area contributed by atoms with Gasteiger partial charge in [-0.25, -0.2) is 0 Å². The third-order valence-corrected chi connectivity index (χ3v) is 10.1. The molecule has 5 rings (SSSR count). The van der Waals surface area contributed by atoms with Crippen molar-refractivity contribution in [3.63, 3.8) is 0 Å². The monoisotopic (exact) mass is 448 g/mol. The van der Waals surface area contributed by atoms with Gasteiger partial charge >= 0.3 is 0 Å². The number of hydrogen-bond donors (Lipinski definition) is 0. The molecule has 1 aliphatic rings. The molecule has 0 saturated heterocycles. The average molecular weight is 449 g/mol. The van der Waals surface area contributed by atoms with E-state index < -0.39 is 0 Å². The third kappa shape index (κ3) is 3.11. The molecule has 3 aromatic heterocycles. The summed E-state index contributed by atoms with van der Waals surface area (Å²) in [5.74, 6) is 1.20. The lowest BCUT2D eigenvalue weighted by molar-refractivity contribution is -0.712. The molecule has 1 aromatic carbocycles. The normalized spacial score (nSPS) is 18.7. The second-order valence-corrected chi connectivity index (χ2v) is 12.9. The van der Waals surface area contributed by atoms with Gasteiger partial charge in [0, 0.05) is 32.3 Å². The van der Waals surface area contributed by atoms with E-state index >= 15 is 0 Å². The second kappa shape index (κ2) is 7.15. The predicted octanol–water partition coefficient (Wildman–Crippen LogP) is 8.55. The molecule has 0 amide bonds. The minimum Gasteiger partial charge on any atom is -0.193 e. The first-order valence-corrected chi connectivity index (χ1v) is 13.2. The van der Waals surface area contributed by atoms with E-state index in [2.05, 4.69) is 90.4 Å². The number of fused-ring (bicyclic) bond motifs is 7. The number of thiophene rings is 2. The van der Waals surface area contributed by atoms with Gasteiger partial charge in [0.05, 0.1) is 0 Å². The minimum atomic E-state index is 0.179. The van der Waals surface area contributed by atoms with Crippen molar-refractivity contribution in [1.82, 2.24) is 0 Å². The maximum absolute atomic E-state index is 2.56. The molecule has 0 radical (unpaired) electrons. The van der Waals surface area contributed by atoms with Gasteiger partial charge in [0.25, 0.3) is 0 Å². The first-order chi connectivity index (χ1) is 14.6. The molecule has 2 atom stereocenters. The van der Waals surface area contributed by atoms with E-state index in [1.165, 1.54) is 41.9 Å². The zero-order chi connectivity index (χ0) is 22.2. The number of rotatable bonds is 2. The van der Waals surface area contributed by atoms with E-state index in [4.69, 9.17) is 0 Å². The molecular formula is C28H34NS2+. The van der Waals surface area contributed by atoms with Crippen molar-refractivity contribution in [3.8, 4) is 10.6 Å². The number of nitrogens with zero attached hydrogens (tertiary/aromatic N) is 1. The smallest absolute Gasteiger partial charge is 0.193 e. The number of pyridine rings is 1. The van der Waals surface area contributed by atoms with E-state index in [1.54, 1.807) is 10.4 Å². The highest BCUT2D eigenvalue weighted by molar-refractivity contribution is 7.27. The topological polar surface area (TPSA) is 3.88 Å². The summed E-state index contributed by atoms with van der Waals surface area (Å²) in [6.45, 7) is 18.9. The Balaban J connectivity index is 1.87. The Labute approximate surface area is 194 Å². The second-order valence-electron chi connectivity index (χ2n) is 10.9. The Morgan fingerprint density at radius 1 is 1.00 bits per heavy atom. The Bertz CT molecular complexity index is 1310. The molecule has 0 aliphatic carbocycles. The Hall–Kier alpha value is -1.71. The molecule has 2 unspecified atom stereocenters. The number of benzene rings is 1. The van der Waals surface area contributed by atoms with Crippen LogP contribution in [0.25, 0.3) is 30.7 Å². The van der Waals surface area contributed by atoms with Crippen LogP contribution in [0.15, 0.2) is 30.5 Å². The fourth-order valence-electron chi connectivity index (χ4n) is 5.49. The lowest BCUT2D eigenvalue weighted by Gasteiger charge is -2.24. The van der Waals surface area contributed by atoms with E-state index in [0.717, 1.165) is 6.42 Å². The molecular weight excluding hydrogens is 414 g/mol. The molecule has 0 N–H and O–H groups in total. The molecule has 4 aromatic rings. The molecule has 0 spiro atoms. The Kier molecular flexibility index (Phi) is 4.88. The van der Waals surface area contributed by atoms with Crippen LogP contribution >= 0.6 is 22.7 Å². The van der Waals surface area contributed by atoms with Crippen molar-refractivity contribution >= 4 is 42.8 Å².